The van der Waals surface area contributed by atoms with Crippen LogP contribution in [-0.2, 0) is 13.0 Å². The number of carbonyl (C=O) groups is 2. The number of alkyl halides is 2. The highest BCUT2D eigenvalue weighted by atomic mass is 79.9. The normalized spacial score (nSPS) is 14.3. The number of hydrogen-bond acceptors (Lipinski definition) is 7. The number of aromatic amines is 1. The summed E-state index contributed by atoms with van der Waals surface area (Å²) < 4.78 is 29.2. The Balaban J connectivity index is 0.000000247. The number of nitrogens with one attached hydrogen (secondary N) is 1. The summed E-state index contributed by atoms with van der Waals surface area (Å²) in [5, 5.41) is 0.693. The van der Waals surface area contributed by atoms with Crippen molar-refractivity contribution in [1.82, 2.24) is 19.5 Å². The maximum Gasteiger partial charge on any atom is 0.200 e. The largest absolute Gasteiger partial charge is 0.401 e. The number of fused-ring (bicyclic) bond motifs is 2. The average molecular weight is 825 g/mol. The highest BCUT2D eigenvalue weighted by Gasteiger charge is 2.22. The van der Waals surface area contributed by atoms with Crippen molar-refractivity contribution in [3.63, 3.8) is 0 Å². The Kier molecular flexibility index (Phi) is 15.0. The Morgan fingerprint density at radius 1 is 0.929 bits per heavy atom. The van der Waals surface area contributed by atoms with Crippen LogP contribution in [-0.4, -0.2) is 42.6 Å². The summed E-state index contributed by atoms with van der Waals surface area (Å²) >= 11 is 3.30. The zero-order chi connectivity index (χ0) is 41.1. The van der Waals surface area contributed by atoms with Gasteiger partial charge in [-0.05, 0) is 93.5 Å². The quantitative estimate of drug-likeness (QED) is 0.103. The monoisotopic (exact) mass is 823 g/mol. The molecule has 290 valence electrons. The van der Waals surface area contributed by atoms with Crippen LogP contribution >= 0.6 is 15.9 Å². The number of allylic oxidation sites excluding steroid dienone is 9. The summed E-state index contributed by atoms with van der Waals surface area (Å²) in [7, 11) is 0. The minimum Gasteiger partial charge on any atom is -0.401 e. The van der Waals surface area contributed by atoms with Crippen LogP contribution in [0.4, 0.5) is 8.78 Å². The van der Waals surface area contributed by atoms with Crippen molar-refractivity contribution in [1.29, 1.82) is 0 Å². The predicted octanol–water partition coefficient (Wildman–Crippen LogP) is 8.33. The minimum absolute atomic E-state index is 0.0111. The molecule has 56 heavy (non-hydrogen) atoms. The second-order valence-electron chi connectivity index (χ2n) is 12.8. The van der Waals surface area contributed by atoms with Crippen molar-refractivity contribution in [2.24, 2.45) is 5.73 Å². The van der Waals surface area contributed by atoms with E-state index in [-0.39, 0.29) is 28.8 Å². The molecule has 0 aromatic carbocycles. The number of carbonyl (C=O) groups excluding carboxylic acids is 2. The zero-order valence-electron chi connectivity index (χ0n) is 32.1. The summed E-state index contributed by atoms with van der Waals surface area (Å²) in [5.74, 6) is -1.36. The van der Waals surface area contributed by atoms with Gasteiger partial charge in [-0.25, -0.2) is 8.78 Å². The van der Waals surface area contributed by atoms with Crippen LogP contribution in [0.2, 0.25) is 0 Å². The van der Waals surface area contributed by atoms with Gasteiger partial charge in [0.05, 0.1) is 23.4 Å². The number of rotatable bonds is 8. The van der Waals surface area contributed by atoms with Gasteiger partial charge >= 0.3 is 0 Å². The second-order valence-corrected chi connectivity index (χ2v) is 13.4. The Labute approximate surface area is 332 Å². The Morgan fingerprint density at radius 2 is 1.52 bits per heavy atom. The molecular formula is C44H44BrF2N5O4. The SMILES string of the molecule is CC.Cc1cc(C(=O)c2c[nH]c3c(c2=O)C=C(F)C=CC3)cnc1C.Cc1cc(C(=O)c2cn(C/C(N)=C/C=C\CBr)c3c(c2=O)C=CC(F)C=C3)cnc1C. The van der Waals surface area contributed by atoms with Gasteiger partial charge in [0.2, 0.25) is 5.43 Å². The molecule has 0 radical (unpaired) electrons. The number of hydrogen-bond donors (Lipinski definition) is 2. The van der Waals surface area contributed by atoms with Gasteiger partial charge in [0.15, 0.2) is 17.0 Å². The molecule has 0 bridgehead atoms. The Bertz CT molecular complexity index is 2450. The lowest BCUT2D eigenvalue weighted by Gasteiger charge is -2.16. The molecule has 3 N–H and O–H groups in total. The zero-order valence-corrected chi connectivity index (χ0v) is 33.7. The maximum absolute atomic E-state index is 13.9. The van der Waals surface area contributed by atoms with Gasteiger partial charge in [0, 0.05) is 81.6 Å². The summed E-state index contributed by atoms with van der Waals surface area (Å²) in [6.45, 7) is 11.6. The van der Waals surface area contributed by atoms with Crippen molar-refractivity contribution >= 4 is 45.7 Å². The van der Waals surface area contributed by atoms with Gasteiger partial charge < -0.3 is 15.3 Å². The van der Waals surface area contributed by atoms with Gasteiger partial charge in [0.1, 0.15) is 12.0 Å². The fourth-order valence-electron chi connectivity index (χ4n) is 5.66. The molecule has 2 aliphatic rings. The molecule has 0 aliphatic heterocycles. The number of nitrogens with zero attached hydrogens (tertiary/aromatic N) is 3. The van der Waals surface area contributed by atoms with Gasteiger partial charge in [-0.15, -0.1) is 0 Å². The van der Waals surface area contributed by atoms with Crippen molar-refractivity contribution in [2.45, 2.75) is 60.7 Å². The van der Waals surface area contributed by atoms with E-state index in [1.54, 1.807) is 34.9 Å². The van der Waals surface area contributed by atoms with Crippen molar-refractivity contribution < 1.29 is 18.4 Å². The maximum atomic E-state index is 13.9. The van der Waals surface area contributed by atoms with Gasteiger partial charge in [0.25, 0.3) is 0 Å². The van der Waals surface area contributed by atoms with E-state index in [1.165, 1.54) is 49.1 Å². The molecule has 6 rings (SSSR count). The fourth-order valence-corrected chi connectivity index (χ4v) is 5.88. The number of H-pyrrole nitrogens is 1. The van der Waals surface area contributed by atoms with Crippen LogP contribution in [0.3, 0.4) is 0 Å². The third-order valence-electron chi connectivity index (χ3n) is 8.91. The third-order valence-corrected chi connectivity index (χ3v) is 9.29. The van der Waals surface area contributed by atoms with Crippen LogP contribution in [0.1, 0.15) is 90.7 Å². The highest BCUT2D eigenvalue weighted by Crippen LogP contribution is 2.21. The number of pyridine rings is 4. The van der Waals surface area contributed by atoms with E-state index in [9.17, 15) is 28.0 Å². The van der Waals surface area contributed by atoms with Crippen LogP contribution < -0.4 is 16.6 Å². The first-order valence-corrected chi connectivity index (χ1v) is 19.1. The van der Waals surface area contributed by atoms with Crippen molar-refractivity contribution in [3.8, 4) is 0 Å². The fraction of sp³-hybridized carbons (Fsp3) is 0.227. The molecule has 1 unspecified atom stereocenters. The first kappa shape index (κ1) is 42.9. The minimum atomic E-state index is -1.32. The van der Waals surface area contributed by atoms with E-state index in [4.69, 9.17) is 5.73 Å². The van der Waals surface area contributed by atoms with Gasteiger partial charge in [-0.1, -0.05) is 48.0 Å². The van der Waals surface area contributed by atoms with Gasteiger partial charge in [-0.2, -0.15) is 0 Å². The van der Waals surface area contributed by atoms with E-state index < -0.39 is 34.4 Å². The lowest BCUT2D eigenvalue weighted by atomic mass is 10.0. The molecule has 0 spiro atoms. The van der Waals surface area contributed by atoms with E-state index in [0.717, 1.165) is 28.6 Å². The Hall–Kier alpha value is -5.88. The molecule has 4 aromatic heterocycles. The number of aromatic nitrogens is 4. The van der Waals surface area contributed by atoms with Gasteiger partial charge in [-0.3, -0.25) is 29.1 Å². The summed E-state index contributed by atoms with van der Waals surface area (Å²) in [6, 6.07) is 3.42. The second kappa shape index (κ2) is 19.6. The molecule has 0 saturated heterocycles. The lowest BCUT2D eigenvalue weighted by molar-refractivity contribution is 0.102. The molecule has 0 fully saturated rings. The molecule has 1 atom stereocenters. The smallest absolute Gasteiger partial charge is 0.200 e. The van der Waals surface area contributed by atoms with E-state index in [2.05, 4.69) is 30.9 Å². The topological polar surface area (TPSA) is 141 Å². The van der Waals surface area contributed by atoms with E-state index in [1.807, 2.05) is 53.7 Å². The number of nitrogens with two attached hydrogens (primary N) is 1. The van der Waals surface area contributed by atoms with Crippen molar-refractivity contribution in [3.05, 3.63) is 179 Å². The Morgan fingerprint density at radius 3 is 2.12 bits per heavy atom. The molecule has 0 amide bonds. The number of ketones is 2. The van der Waals surface area contributed by atoms with Crippen LogP contribution in [0.25, 0.3) is 18.2 Å². The molecule has 0 saturated carbocycles. The third kappa shape index (κ3) is 10.2. The molecule has 4 aromatic rings. The summed E-state index contributed by atoms with van der Waals surface area (Å²) in [6.07, 6.45) is 20.1. The van der Waals surface area contributed by atoms with Crippen LogP contribution in [0.15, 0.2) is 101 Å². The van der Waals surface area contributed by atoms with Crippen LogP contribution in [0, 0.1) is 27.7 Å². The number of halogens is 3. The lowest BCUT2D eigenvalue weighted by Crippen LogP contribution is -2.24. The standard InChI is InChI=1S/C24H23BrFN3O2.C18H15FN2O2.C2H6/c1-15-11-17(12-28-16(15)2)23(30)21-14-29(13-19(27)5-3-4-10-25)22-9-7-18(26)6-8-20(22)24(21)31;1-10-6-12(8-20-11(10)2)17(22)15-9-21-16-5-3-4-13(19)7-14(16)18(15)23;1-2/h3-9,11-12,14,18H,10,13,27H2,1-2H3;3-4,6-9H,5H2,1-2H3,(H,21,23);1-2H3/b4-3-,19-5-;;. The summed E-state index contributed by atoms with van der Waals surface area (Å²) in [4.78, 5) is 62.8. The van der Waals surface area contributed by atoms with E-state index >= 15 is 0 Å². The molecule has 4 heterocycles. The first-order valence-electron chi connectivity index (χ1n) is 18.0. The van der Waals surface area contributed by atoms with E-state index in [0.29, 0.717) is 40.0 Å². The van der Waals surface area contributed by atoms with Crippen LogP contribution in [0.5, 0.6) is 0 Å². The number of aryl methyl sites for hydroxylation is 4. The summed E-state index contributed by atoms with van der Waals surface area (Å²) in [5.41, 5.74) is 11.3. The average Bonchev–Trinajstić information content (AvgIpc) is 3.51. The predicted molar refractivity (Wildman–Crippen MR) is 223 cm³/mol. The highest BCUT2D eigenvalue weighted by molar-refractivity contribution is 9.09. The molecule has 9 nitrogen and oxygen atoms in total. The first-order chi connectivity index (χ1) is 26.8. The molecule has 12 heteroatoms. The molecular weight excluding hydrogens is 780 g/mol. The molecule has 2 aliphatic carbocycles. The van der Waals surface area contributed by atoms with Crippen molar-refractivity contribution in [2.75, 3.05) is 5.33 Å².